The van der Waals surface area contributed by atoms with Crippen molar-refractivity contribution in [2.75, 3.05) is 4.90 Å². The van der Waals surface area contributed by atoms with Crippen molar-refractivity contribution in [3.63, 3.8) is 0 Å². The topological polar surface area (TPSA) is 3.24 Å². The molecule has 0 radical (unpaired) electrons. The average Bonchev–Trinajstić information content (AvgIpc) is 3.67. The van der Waals surface area contributed by atoms with E-state index in [1.807, 2.05) is 0 Å². The summed E-state index contributed by atoms with van der Waals surface area (Å²) in [4.78, 5) is 2.36. The van der Waals surface area contributed by atoms with Crippen LogP contribution in [0.3, 0.4) is 0 Å². The maximum absolute atomic E-state index is 2.54. The molecule has 0 amide bonds. The van der Waals surface area contributed by atoms with Gasteiger partial charge in [0.2, 0.25) is 0 Å². The summed E-state index contributed by atoms with van der Waals surface area (Å²) >= 11 is 0. The van der Waals surface area contributed by atoms with E-state index in [2.05, 4.69) is 268 Å². The van der Waals surface area contributed by atoms with Crippen molar-refractivity contribution < 1.29 is 0 Å². The molecule has 0 aromatic heterocycles. The van der Waals surface area contributed by atoms with Crippen LogP contribution in [0.4, 0.5) is 17.1 Å². The van der Waals surface area contributed by atoms with E-state index in [0.717, 1.165) is 17.1 Å². The number of benzene rings is 9. The van der Waals surface area contributed by atoms with Crippen LogP contribution in [0, 0.1) is 5.92 Å². The van der Waals surface area contributed by atoms with Gasteiger partial charge in [-0.05, 0) is 126 Å². The monoisotopic (exact) mass is 831 g/mol. The first kappa shape index (κ1) is 38.9. The van der Waals surface area contributed by atoms with Crippen molar-refractivity contribution in [2.45, 2.75) is 30.6 Å². The average molecular weight is 832 g/mol. The minimum absolute atomic E-state index is 0.108. The summed E-state index contributed by atoms with van der Waals surface area (Å²) in [5, 5.41) is 0. The maximum atomic E-state index is 2.54. The summed E-state index contributed by atoms with van der Waals surface area (Å²) in [6.07, 6.45) is 9.45. The van der Waals surface area contributed by atoms with Gasteiger partial charge in [0.05, 0.1) is 5.41 Å². The standard InChI is InChI=1S/C64H49N/c1-63(2)58-24-11-13-26-60(58)64(61-27-14-12-25-59(61)63)57-23-10-9-22-55(57)56-41-34-51(43-62(56)64)50-21-15-20-49(42-50)48-32-39-54(40-33-48)65(52-35-28-46(29-36-52)44-16-5-3-6-17-44)53-37-30-47(31-38-53)45-18-7-4-8-19-45/h3-43,55,57H,1-2H3. The number of allylic oxidation sites excluding steroid dienone is 4. The van der Waals surface area contributed by atoms with Gasteiger partial charge in [-0.1, -0.05) is 214 Å². The molecule has 0 saturated heterocycles. The lowest BCUT2D eigenvalue weighted by Gasteiger charge is -2.49. The van der Waals surface area contributed by atoms with Crippen LogP contribution in [-0.2, 0) is 10.8 Å². The molecule has 0 aliphatic heterocycles. The molecule has 1 heteroatoms. The van der Waals surface area contributed by atoms with Crippen molar-refractivity contribution in [3.05, 3.63) is 282 Å². The van der Waals surface area contributed by atoms with E-state index in [1.54, 1.807) is 0 Å². The molecular weight excluding hydrogens is 783 g/mol. The summed E-state index contributed by atoms with van der Waals surface area (Å²) in [5.74, 6) is 0.587. The SMILES string of the molecule is CC1(C)c2ccccc2C2(c3cc(-c4cccc(-c5ccc(N(c6ccc(-c7ccccc7)cc6)c6ccc(-c7ccccc7)cc6)cc5)c4)ccc3C3C=CC=CC32)c2ccccc21. The molecule has 310 valence electrons. The molecule has 0 bridgehead atoms. The highest BCUT2D eigenvalue weighted by molar-refractivity contribution is 5.82. The lowest BCUT2D eigenvalue weighted by atomic mass is 9.53. The van der Waals surface area contributed by atoms with Crippen molar-refractivity contribution >= 4 is 17.1 Å². The highest BCUT2D eigenvalue weighted by Crippen LogP contribution is 2.64. The van der Waals surface area contributed by atoms with E-state index in [1.165, 1.54) is 77.9 Å². The number of hydrogen-bond donors (Lipinski definition) is 0. The normalized spacial score (nSPS) is 16.9. The van der Waals surface area contributed by atoms with Crippen LogP contribution >= 0.6 is 0 Å². The first-order valence-electron chi connectivity index (χ1n) is 23.0. The van der Waals surface area contributed by atoms with Crippen LogP contribution in [0.15, 0.2) is 249 Å². The third kappa shape index (κ3) is 6.29. The number of hydrogen-bond acceptors (Lipinski definition) is 1. The second-order valence-corrected chi connectivity index (χ2v) is 18.4. The van der Waals surface area contributed by atoms with E-state index in [-0.39, 0.29) is 16.7 Å². The van der Waals surface area contributed by atoms with Gasteiger partial charge < -0.3 is 4.90 Å². The Morgan fingerprint density at radius 1 is 0.323 bits per heavy atom. The van der Waals surface area contributed by atoms with E-state index in [0.29, 0.717) is 5.92 Å². The third-order valence-electron chi connectivity index (χ3n) is 14.6. The number of rotatable bonds is 7. The largest absolute Gasteiger partial charge is 0.311 e. The Hall–Kier alpha value is -7.74. The summed E-state index contributed by atoms with van der Waals surface area (Å²) in [7, 11) is 0. The zero-order chi connectivity index (χ0) is 43.5. The molecule has 9 aromatic carbocycles. The fraction of sp³-hybridized carbons (Fsp3) is 0.0938. The Bertz CT molecular complexity index is 3130. The quantitative estimate of drug-likeness (QED) is 0.155. The predicted octanol–water partition coefficient (Wildman–Crippen LogP) is 16.6. The van der Waals surface area contributed by atoms with E-state index < -0.39 is 0 Å². The second kappa shape index (κ2) is 15.5. The number of nitrogens with zero attached hydrogens (tertiary/aromatic N) is 1. The van der Waals surface area contributed by atoms with Crippen LogP contribution in [-0.4, -0.2) is 0 Å². The zero-order valence-electron chi connectivity index (χ0n) is 36.8. The smallest absolute Gasteiger partial charge is 0.0531 e. The minimum atomic E-state index is -0.303. The molecule has 0 saturated carbocycles. The van der Waals surface area contributed by atoms with Gasteiger partial charge in [-0.25, -0.2) is 0 Å². The first-order valence-corrected chi connectivity index (χ1v) is 23.0. The van der Waals surface area contributed by atoms with Crippen LogP contribution in [0.2, 0.25) is 0 Å². The van der Waals surface area contributed by atoms with E-state index >= 15 is 0 Å². The van der Waals surface area contributed by atoms with Gasteiger partial charge in [0.1, 0.15) is 0 Å². The van der Waals surface area contributed by atoms with E-state index in [9.17, 15) is 0 Å². The van der Waals surface area contributed by atoms with Gasteiger partial charge >= 0.3 is 0 Å². The Labute approximate surface area is 383 Å². The van der Waals surface area contributed by atoms with Gasteiger partial charge in [0.15, 0.2) is 0 Å². The molecule has 3 aliphatic rings. The van der Waals surface area contributed by atoms with Gasteiger partial charge in [-0.3, -0.25) is 0 Å². The molecule has 65 heavy (non-hydrogen) atoms. The first-order chi connectivity index (χ1) is 32.0. The molecule has 2 unspecified atom stereocenters. The van der Waals surface area contributed by atoms with Crippen LogP contribution < -0.4 is 4.90 Å². The van der Waals surface area contributed by atoms with Crippen molar-refractivity contribution in [3.8, 4) is 44.5 Å². The molecule has 12 rings (SSSR count). The van der Waals surface area contributed by atoms with Crippen LogP contribution in [0.1, 0.15) is 53.1 Å². The van der Waals surface area contributed by atoms with Gasteiger partial charge in [-0.2, -0.15) is 0 Å². The van der Waals surface area contributed by atoms with Gasteiger partial charge in [0, 0.05) is 34.3 Å². The summed E-state index contributed by atoms with van der Waals surface area (Å²) in [5.41, 5.74) is 21.2. The molecule has 1 spiro atoms. The molecule has 1 nitrogen and oxygen atoms in total. The van der Waals surface area contributed by atoms with Gasteiger partial charge in [-0.15, -0.1) is 0 Å². The second-order valence-electron chi connectivity index (χ2n) is 18.4. The van der Waals surface area contributed by atoms with Crippen molar-refractivity contribution in [1.82, 2.24) is 0 Å². The Morgan fingerprint density at radius 3 is 1.23 bits per heavy atom. The minimum Gasteiger partial charge on any atom is -0.311 e. The predicted molar refractivity (Wildman–Crippen MR) is 272 cm³/mol. The summed E-state index contributed by atoms with van der Waals surface area (Å²) in [6.45, 7) is 4.81. The summed E-state index contributed by atoms with van der Waals surface area (Å²) in [6, 6.07) is 83.1. The van der Waals surface area contributed by atoms with Crippen LogP contribution in [0.25, 0.3) is 44.5 Å². The highest BCUT2D eigenvalue weighted by Gasteiger charge is 2.57. The zero-order valence-corrected chi connectivity index (χ0v) is 36.8. The molecule has 9 aromatic rings. The molecule has 0 fully saturated rings. The molecular formula is C64H49N. The Balaban J connectivity index is 0.922. The van der Waals surface area contributed by atoms with Gasteiger partial charge in [0.25, 0.3) is 0 Å². The molecule has 2 atom stereocenters. The molecule has 0 N–H and O–H groups in total. The lowest BCUT2D eigenvalue weighted by molar-refractivity contribution is 0.420. The number of anilines is 3. The molecule has 3 aliphatic carbocycles. The van der Waals surface area contributed by atoms with Crippen LogP contribution in [0.5, 0.6) is 0 Å². The molecule has 0 heterocycles. The fourth-order valence-electron chi connectivity index (χ4n) is 11.5. The van der Waals surface area contributed by atoms with Crippen molar-refractivity contribution in [1.29, 1.82) is 0 Å². The lowest BCUT2D eigenvalue weighted by Crippen LogP contribution is -2.44. The number of fused-ring (bicyclic) bond motifs is 9. The Morgan fingerprint density at radius 2 is 0.708 bits per heavy atom. The maximum Gasteiger partial charge on any atom is 0.0531 e. The Kier molecular flexibility index (Phi) is 9.28. The third-order valence-corrected chi connectivity index (χ3v) is 14.6. The highest BCUT2D eigenvalue weighted by atomic mass is 15.1. The van der Waals surface area contributed by atoms with Crippen molar-refractivity contribution in [2.24, 2.45) is 5.92 Å². The summed E-state index contributed by atoms with van der Waals surface area (Å²) < 4.78 is 0. The van der Waals surface area contributed by atoms with E-state index in [4.69, 9.17) is 0 Å². The fourth-order valence-corrected chi connectivity index (χ4v) is 11.5.